The fraction of sp³-hybridized carbons (Fsp3) is 0.647. The van der Waals surface area contributed by atoms with Crippen molar-refractivity contribution in [3.63, 3.8) is 0 Å². The summed E-state index contributed by atoms with van der Waals surface area (Å²) in [5, 5.41) is 9.79. The molecule has 1 N–H and O–H groups in total. The van der Waals surface area contributed by atoms with Crippen LogP contribution in [0.2, 0.25) is 0 Å². The molecule has 3 rings (SSSR count). The Balaban J connectivity index is 1.70. The number of rotatable bonds is 3. The van der Waals surface area contributed by atoms with E-state index in [9.17, 15) is 5.11 Å². The third-order valence-electron chi connectivity index (χ3n) is 5.12. The van der Waals surface area contributed by atoms with Crippen molar-refractivity contribution >= 4 is 0 Å². The fourth-order valence-electron chi connectivity index (χ4n) is 4.02. The number of nitrogens with zero attached hydrogens (tertiary/aromatic N) is 1. The summed E-state index contributed by atoms with van der Waals surface area (Å²) < 4.78 is 0. The third-order valence-corrected chi connectivity index (χ3v) is 5.12. The van der Waals surface area contributed by atoms with E-state index in [4.69, 9.17) is 0 Å². The fourth-order valence-corrected chi connectivity index (χ4v) is 4.02. The van der Waals surface area contributed by atoms with Gasteiger partial charge in [0.1, 0.15) is 0 Å². The lowest BCUT2D eigenvalue weighted by Gasteiger charge is -2.44. The lowest BCUT2D eigenvalue weighted by molar-refractivity contribution is 0.0344. The van der Waals surface area contributed by atoms with E-state index in [1.807, 2.05) is 6.07 Å². The summed E-state index contributed by atoms with van der Waals surface area (Å²) in [4.78, 5) is 2.52. The second-order valence-electron chi connectivity index (χ2n) is 6.20. The Kier molecular flexibility index (Phi) is 4.19. The predicted octanol–water partition coefficient (Wildman–Crippen LogP) is 3.23. The van der Waals surface area contributed by atoms with E-state index in [2.05, 4.69) is 29.2 Å². The molecule has 0 spiro atoms. The Hall–Kier alpha value is -0.860. The van der Waals surface area contributed by atoms with Crippen LogP contribution in [0.25, 0.3) is 0 Å². The molecule has 2 heteroatoms. The van der Waals surface area contributed by atoms with Crippen molar-refractivity contribution in [2.75, 3.05) is 19.7 Å². The van der Waals surface area contributed by atoms with Gasteiger partial charge in [0, 0.05) is 6.54 Å². The Morgan fingerprint density at radius 1 is 1.05 bits per heavy atom. The lowest BCUT2D eigenvalue weighted by atomic mass is 9.74. The van der Waals surface area contributed by atoms with Crippen LogP contribution in [0.5, 0.6) is 0 Å². The summed E-state index contributed by atoms with van der Waals surface area (Å²) in [5.74, 6) is 1.83. The molecule has 0 aromatic heterocycles. The van der Waals surface area contributed by atoms with Gasteiger partial charge < -0.3 is 5.11 Å². The van der Waals surface area contributed by atoms with Crippen LogP contribution >= 0.6 is 0 Å². The van der Waals surface area contributed by atoms with Crippen molar-refractivity contribution in [2.45, 2.75) is 38.1 Å². The van der Waals surface area contributed by atoms with Gasteiger partial charge in [-0.25, -0.2) is 0 Å². The molecule has 1 saturated carbocycles. The minimum atomic E-state index is 0.198. The Morgan fingerprint density at radius 2 is 1.79 bits per heavy atom. The van der Waals surface area contributed by atoms with Crippen LogP contribution in [0.4, 0.5) is 0 Å². The molecule has 2 aliphatic rings. The molecule has 1 aromatic carbocycles. The highest BCUT2D eigenvalue weighted by atomic mass is 16.3. The minimum absolute atomic E-state index is 0.198. The molecule has 2 nitrogen and oxygen atoms in total. The predicted molar refractivity (Wildman–Crippen MR) is 77.9 cm³/mol. The smallest absolute Gasteiger partial charge is 0.0628 e. The summed E-state index contributed by atoms with van der Waals surface area (Å²) in [6.45, 7) is 2.58. The van der Waals surface area contributed by atoms with E-state index < -0.39 is 0 Å². The molecule has 1 aromatic rings. The number of aliphatic hydroxyl groups excluding tert-OH is 1. The summed E-state index contributed by atoms with van der Waals surface area (Å²) in [7, 11) is 0. The van der Waals surface area contributed by atoms with E-state index >= 15 is 0 Å². The van der Waals surface area contributed by atoms with Gasteiger partial charge in [0.15, 0.2) is 0 Å². The third kappa shape index (κ3) is 2.85. The normalized spacial score (nSPS) is 29.7. The molecular formula is C17H25NO. The van der Waals surface area contributed by atoms with E-state index in [1.165, 1.54) is 44.2 Å². The quantitative estimate of drug-likeness (QED) is 0.901. The van der Waals surface area contributed by atoms with Gasteiger partial charge in [-0.1, -0.05) is 49.6 Å². The van der Waals surface area contributed by atoms with E-state index in [0.717, 1.165) is 18.4 Å². The number of fused-ring (bicyclic) bond motifs is 1. The van der Waals surface area contributed by atoms with Crippen molar-refractivity contribution in [1.29, 1.82) is 0 Å². The highest BCUT2D eigenvalue weighted by molar-refractivity contribution is 5.19. The number of hydrogen-bond acceptors (Lipinski definition) is 2. The molecule has 0 amide bonds. The van der Waals surface area contributed by atoms with Gasteiger partial charge in [-0.2, -0.15) is 0 Å². The zero-order valence-electron chi connectivity index (χ0n) is 11.7. The second kappa shape index (κ2) is 6.06. The van der Waals surface area contributed by atoms with Crippen molar-refractivity contribution < 1.29 is 5.11 Å². The molecule has 104 valence electrons. The van der Waals surface area contributed by atoms with Crippen molar-refractivity contribution in [1.82, 2.24) is 4.90 Å². The van der Waals surface area contributed by atoms with Crippen LogP contribution in [0.1, 0.15) is 43.7 Å². The SMILES string of the molecule is OC[C@@H](c1ccccc1)N1CC[C@@H]2CCCC[C@@H]2C1. The maximum atomic E-state index is 9.79. The Morgan fingerprint density at radius 3 is 2.53 bits per heavy atom. The Labute approximate surface area is 116 Å². The molecule has 0 bridgehead atoms. The van der Waals surface area contributed by atoms with E-state index in [-0.39, 0.29) is 12.6 Å². The van der Waals surface area contributed by atoms with Gasteiger partial charge in [0.2, 0.25) is 0 Å². The van der Waals surface area contributed by atoms with Gasteiger partial charge in [0.25, 0.3) is 0 Å². The van der Waals surface area contributed by atoms with Crippen LogP contribution in [-0.2, 0) is 0 Å². The van der Waals surface area contributed by atoms with Crippen LogP contribution in [0.15, 0.2) is 30.3 Å². The monoisotopic (exact) mass is 259 g/mol. The standard InChI is InChI=1S/C17H25NO/c19-13-17(15-7-2-1-3-8-15)18-11-10-14-6-4-5-9-16(14)12-18/h1-3,7-8,14,16-17,19H,4-6,9-13H2/t14-,16+,17-/m0/s1. The molecule has 2 fully saturated rings. The van der Waals surface area contributed by atoms with Crippen LogP contribution < -0.4 is 0 Å². The molecular weight excluding hydrogens is 234 g/mol. The van der Waals surface area contributed by atoms with Crippen LogP contribution in [0, 0.1) is 11.8 Å². The summed E-state index contributed by atoms with van der Waals surface area (Å²) >= 11 is 0. The number of hydrogen-bond donors (Lipinski definition) is 1. The average Bonchev–Trinajstić information content (AvgIpc) is 2.49. The average molecular weight is 259 g/mol. The first-order valence-corrected chi connectivity index (χ1v) is 7.78. The summed E-state index contributed by atoms with van der Waals surface area (Å²) in [5.41, 5.74) is 1.26. The summed E-state index contributed by atoms with van der Waals surface area (Å²) in [6, 6.07) is 10.7. The van der Waals surface area contributed by atoms with Gasteiger partial charge in [-0.15, -0.1) is 0 Å². The molecule has 1 aliphatic heterocycles. The maximum Gasteiger partial charge on any atom is 0.0628 e. The molecule has 0 radical (unpaired) electrons. The van der Waals surface area contributed by atoms with Gasteiger partial charge >= 0.3 is 0 Å². The molecule has 1 aliphatic carbocycles. The van der Waals surface area contributed by atoms with Gasteiger partial charge in [-0.05, 0) is 36.8 Å². The number of aliphatic hydroxyl groups is 1. The van der Waals surface area contributed by atoms with Gasteiger partial charge in [0.05, 0.1) is 12.6 Å². The molecule has 3 atom stereocenters. The topological polar surface area (TPSA) is 23.5 Å². The number of piperidine rings is 1. The highest BCUT2D eigenvalue weighted by Gasteiger charge is 2.33. The van der Waals surface area contributed by atoms with Crippen molar-refractivity contribution in [3.05, 3.63) is 35.9 Å². The zero-order valence-corrected chi connectivity index (χ0v) is 11.7. The lowest BCUT2D eigenvalue weighted by Crippen LogP contribution is -2.44. The first-order valence-electron chi connectivity index (χ1n) is 7.78. The van der Waals surface area contributed by atoms with Crippen LogP contribution in [0.3, 0.4) is 0 Å². The minimum Gasteiger partial charge on any atom is -0.394 e. The maximum absolute atomic E-state index is 9.79. The zero-order chi connectivity index (χ0) is 13.1. The first kappa shape index (κ1) is 13.1. The van der Waals surface area contributed by atoms with Crippen molar-refractivity contribution in [2.24, 2.45) is 11.8 Å². The number of benzene rings is 1. The molecule has 1 heterocycles. The Bertz CT molecular complexity index is 392. The molecule has 0 unspecified atom stereocenters. The van der Waals surface area contributed by atoms with E-state index in [0.29, 0.717) is 0 Å². The number of likely N-dealkylation sites (tertiary alicyclic amines) is 1. The summed E-state index contributed by atoms with van der Waals surface area (Å²) in [6.07, 6.45) is 7.00. The molecule has 19 heavy (non-hydrogen) atoms. The van der Waals surface area contributed by atoms with Crippen molar-refractivity contribution in [3.8, 4) is 0 Å². The second-order valence-corrected chi connectivity index (χ2v) is 6.20. The largest absolute Gasteiger partial charge is 0.394 e. The van der Waals surface area contributed by atoms with E-state index in [1.54, 1.807) is 0 Å². The highest BCUT2D eigenvalue weighted by Crippen LogP contribution is 2.38. The van der Waals surface area contributed by atoms with Gasteiger partial charge in [-0.3, -0.25) is 4.90 Å². The first-order chi connectivity index (χ1) is 9.38. The molecule has 1 saturated heterocycles. The van der Waals surface area contributed by atoms with Crippen LogP contribution in [-0.4, -0.2) is 29.7 Å².